The number of ether oxygens (including phenoxy) is 1. The van der Waals surface area contributed by atoms with Gasteiger partial charge in [-0.2, -0.15) is 0 Å². The summed E-state index contributed by atoms with van der Waals surface area (Å²) in [6, 6.07) is 4.39. The molecule has 1 aromatic rings. The van der Waals surface area contributed by atoms with Crippen molar-refractivity contribution in [3.8, 4) is 0 Å². The molecule has 2 heterocycles. The number of piperazine rings is 1. The highest BCUT2D eigenvalue weighted by atomic mass is 16.6. The van der Waals surface area contributed by atoms with Gasteiger partial charge in [-0.1, -0.05) is 13.3 Å². The monoisotopic (exact) mass is 401 g/mol. The lowest BCUT2D eigenvalue weighted by molar-refractivity contribution is 0.0557. The lowest BCUT2D eigenvalue weighted by Gasteiger charge is -2.34. The number of nitrogens with zero attached hydrogens (tertiary/aromatic N) is 3. The molecule has 8 heteroatoms. The van der Waals surface area contributed by atoms with Gasteiger partial charge in [-0.15, -0.1) is 0 Å². The molecular formula is C21H27N3O5. The van der Waals surface area contributed by atoms with Crippen LogP contribution in [0.1, 0.15) is 64.7 Å². The van der Waals surface area contributed by atoms with Crippen molar-refractivity contribution in [2.75, 3.05) is 32.8 Å². The molecule has 0 atom stereocenters. The molecule has 2 aliphatic rings. The van der Waals surface area contributed by atoms with Crippen molar-refractivity contribution in [1.82, 2.24) is 14.7 Å². The van der Waals surface area contributed by atoms with Crippen molar-refractivity contribution < 1.29 is 23.9 Å². The predicted octanol–water partition coefficient (Wildman–Crippen LogP) is 2.39. The van der Waals surface area contributed by atoms with E-state index in [9.17, 15) is 19.2 Å². The van der Waals surface area contributed by atoms with Gasteiger partial charge in [-0.25, -0.2) is 4.79 Å². The van der Waals surface area contributed by atoms with Crippen molar-refractivity contribution in [2.24, 2.45) is 0 Å². The minimum absolute atomic E-state index is 0.213. The first-order chi connectivity index (χ1) is 13.8. The van der Waals surface area contributed by atoms with Gasteiger partial charge in [0.2, 0.25) is 0 Å². The first kappa shape index (κ1) is 20.8. The van der Waals surface area contributed by atoms with Crippen molar-refractivity contribution in [2.45, 2.75) is 39.7 Å². The maximum Gasteiger partial charge on any atom is 0.409 e. The van der Waals surface area contributed by atoms with Crippen molar-refractivity contribution >= 4 is 23.8 Å². The Labute approximate surface area is 170 Å². The first-order valence-corrected chi connectivity index (χ1v) is 10.1. The molecule has 3 rings (SSSR count). The Bertz CT molecular complexity index is 828. The van der Waals surface area contributed by atoms with Crippen LogP contribution in [0.5, 0.6) is 0 Å². The van der Waals surface area contributed by atoms with Crippen molar-refractivity contribution in [1.29, 1.82) is 0 Å². The lowest BCUT2D eigenvalue weighted by atomic mass is 10.0. The van der Waals surface area contributed by atoms with Crippen LogP contribution in [0.25, 0.3) is 0 Å². The zero-order chi connectivity index (χ0) is 21.1. The largest absolute Gasteiger partial charge is 0.449 e. The van der Waals surface area contributed by atoms with Crippen molar-refractivity contribution in [3.63, 3.8) is 0 Å². The SMILES string of the molecule is CCCCOC(=O)N1CCN(C(=O)c2ccc3c(c2)C(=O)N(C(C)C)C3=O)CC1. The molecule has 1 aromatic carbocycles. The summed E-state index contributed by atoms with van der Waals surface area (Å²) < 4.78 is 5.21. The van der Waals surface area contributed by atoms with Gasteiger partial charge in [-0.05, 0) is 38.5 Å². The summed E-state index contributed by atoms with van der Waals surface area (Å²) in [7, 11) is 0. The molecule has 0 N–H and O–H groups in total. The number of benzene rings is 1. The zero-order valence-electron chi connectivity index (χ0n) is 17.1. The maximum atomic E-state index is 12.9. The normalized spacial score (nSPS) is 16.5. The van der Waals surface area contributed by atoms with Gasteiger partial charge in [0.25, 0.3) is 17.7 Å². The third-order valence-electron chi connectivity index (χ3n) is 5.23. The number of imide groups is 1. The van der Waals surface area contributed by atoms with E-state index in [1.54, 1.807) is 35.8 Å². The van der Waals surface area contributed by atoms with E-state index < -0.39 is 0 Å². The molecule has 0 saturated carbocycles. The van der Waals surface area contributed by atoms with Crippen LogP contribution >= 0.6 is 0 Å². The van der Waals surface area contributed by atoms with Gasteiger partial charge in [0.05, 0.1) is 17.7 Å². The van der Waals surface area contributed by atoms with Crippen LogP contribution in [0.3, 0.4) is 0 Å². The number of fused-ring (bicyclic) bond motifs is 1. The molecule has 0 bridgehead atoms. The Balaban J connectivity index is 1.64. The summed E-state index contributed by atoms with van der Waals surface area (Å²) in [4.78, 5) is 54.3. The fourth-order valence-electron chi connectivity index (χ4n) is 3.53. The quantitative estimate of drug-likeness (QED) is 0.558. The van der Waals surface area contributed by atoms with E-state index in [-0.39, 0.29) is 35.4 Å². The Kier molecular flexibility index (Phi) is 6.20. The average molecular weight is 401 g/mol. The highest BCUT2D eigenvalue weighted by Crippen LogP contribution is 2.26. The maximum absolute atomic E-state index is 12.9. The van der Waals surface area contributed by atoms with E-state index in [2.05, 4.69) is 0 Å². The van der Waals surface area contributed by atoms with Crippen LogP contribution in [-0.4, -0.2) is 77.3 Å². The highest BCUT2D eigenvalue weighted by molar-refractivity contribution is 6.22. The molecule has 0 aliphatic carbocycles. The Morgan fingerprint density at radius 1 is 1.00 bits per heavy atom. The van der Waals surface area contributed by atoms with E-state index in [1.807, 2.05) is 6.92 Å². The number of carbonyl (C=O) groups excluding carboxylic acids is 4. The second-order valence-corrected chi connectivity index (χ2v) is 7.58. The van der Waals surface area contributed by atoms with Gasteiger partial charge >= 0.3 is 6.09 Å². The van der Waals surface area contributed by atoms with Crippen LogP contribution in [0.4, 0.5) is 4.79 Å². The Morgan fingerprint density at radius 3 is 2.24 bits per heavy atom. The molecular weight excluding hydrogens is 374 g/mol. The molecule has 4 amide bonds. The predicted molar refractivity (Wildman–Crippen MR) is 106 cm³/mol. The van der Waals surface area contributed by atoms with Crippen LogP contribution in [0, 0.1) is 0 Å². The number of hydrogen-bond donors (Lipinski definition) is 0. The standard InChI is InChI=1S/C21H27N3O5/c1-4-5-12-29-21(28)23-10-8-22(9-11-23)18(25)15-6-7-16-17(13-15)20(27)24(14(2)3)19(16)26/h6-7,13-14H,4-5,8-12H2,1-3H3. The Hall–Kier alpha value is -2.90. The van der Waals surface area contributed by atoms with E-state index in [0.717, 1.165) is 12.8 Å². The number of rotatable bonds is 5. The third-order valence-corrected chi connectivity index (χ3v) is 5.23. The third kappa shape index (κ3) is 4.11. The van der Waals surface area contributed by atoms with Crippen molar-refractivity contribution in [3.05, 3.63) is 34.9 Å². The smallest absolute Gasteiger partial charge is 0.409 e. The van der Waals surface area contributed by atoms with Gasteiger partial charge in [0.15, 0.2) is 0 Å². The average Bonchev–Trinajstić information content (AvgIpc) is 2.97. The van der Waals surface area contributed by atoms with E-state index >= 15 is 0 Å². The fraction of sp³-hybridized carbons (Fsp3) is 0.524. The summed E-state index contributed by atoms with van der Waals surface area (Å²) in [5.74, 6) is -0.904. The molecule has 1 fully saturated rings. The minimum Gasteiger partial charge on any atom is -0.449 e. The number of amides is 4. The second kappa shape index (κ2) is 8.63. The topological polar surface area (TPSA) is 87.2 Å². The summed E-state index contributed by atoms with van der Waals surface area (Å²) in [5.41, 5.74) is 0.974. The van der Waals surface area contributed by atoms with Crippen LogP contribution in [-0.2, 0) is 4.74 Å². The van der Waals surface area contributed by atoms with E-state index in [1.165, 1.54) is 11.0 Å². The zero-order valence-corrected chi connectivity index (χ0v) is 17.1. The highest BCUT2D eigenvalue weighted by Gasteiger charge is 2.38. The minimum atomic E-state index is -0.366. The summed E-state index contributed by atoms with van der Waals surface area (Å²) in [6.45, 7) is 7.58. The lowest BCUT2D eigenvalue weighted by Crippen LogP contribution is -2.50. The number of hydrogen-bond acceptors (Lipinski definition) is 5. The van der Waals surface area contributed by atoms with Gasteiger partial charge in [0, 0.05) is 37.8 Å². The van der Waals surface area contributed by atoms with Crippen LogP contribution in [0.2, 0.25) is 0 Å². The van der Waals surface area contributed by atoms with Gasteiger partial charge in [-0.3, -0.25) is 19.3 Å². The molecule has 0 unspecified atom stereocenters. The molecule has 8 nitrogen and oxygen atoms in total. The molecule has 156 valence electrons. The number of carbonyl (C=O) groups is 4. The summed E-state index contributed by atoms with van der Waals surface area (Å²) >= 11 is 0. The Morgan fingerprint density at radius 2 is 1.62 bits per heavy atom. The molecule has 29 heavy (non-hydrogen) atoms. The number of unbranched alkanes of at least 4 members (excludes halogenated alkanes) is 1. The fourth-order valence-corrected chi connectivity index (χ4v) is 3.53. The molecule has 1 saturated heterocycles. The van der Waals surface area contributed by atoms with Gasteiger partial charge in [0.1, 0.15) is 0 Å². The molecule has 0 aromatic heterocycles. The van der Waals surface area contributed by atoms with E-state index in [4.69, 9.17) is 4.74 Å². The molecule has 2 aliphatic heterocycles. The molecule has 0 radical (unpaired) electrons. The van der Waals surface area contributed by atoms with Crippen LogP contribution < -0.4 is 0 Å². The summed E-state index contributed by atoms with van der Waals surface area (Å²) in [6.07, 6.45) is 1.44. The summed E-state index contributed by atoms with van der Waals surface area (Å²) in [5, 5.41) is 0. The van der Waals surface area contributed by atoms with Crippen LogP contribution in [0.15, 0.2) is 18.2 Å². The second-order valence-electron chi connectivity index (χ2n) is 7.58. The molecule has 0 spiro atoms. The van der Waals surface area contributed by atoms with E-state index in [0.29, 0.717) is 43.9 Å². The van der Waals surface area contributed by atoms with Gasteiger partial charge < -0.3 is 14.5 Å². The first-order valence-electron chi connectivity index (χ1n) is 10.1.